The SMILES string of the molecule is O=C(NCCCCN1CCN(c2cc3ccc2CCc2ccc(cc2)CC3)CC1)c1cc2ccc1CCc1ccc(cc1)CC2. The second-order valence-electron chi connectivity index (χ2n) is 13.4. The number of carbonyl (C=O) groups excluding carboxylic acids is 1. The molecule has 4 nitrogen and oxygen atoms in total. The third kappa shape index (κ3) is 7.50. The van der Waals surface area contributed by atoms with Crippen molar-refractivity contribution in [2.24, 2.45) is 0 Å². The number of carbonyl (C=O) groups is 1. The largest absolute Gasteiger partial charge is 0.369 e. The third-order valence-corrected chi connectivity index (χ3v) is 10.3. The fraction of sp³-hybridized carbons (Fsp3) is 0.390. The summed E-state index contributed by atoms with van der Waals surface area (Å²) in [6, 6.07) is 32.1. The molecule has 232 valence electrons. The summed E-state index contributed by atoms with van der Waals surface area (Å²) in [4.78, 5) is 18.5. The van der Waals surface area contributed by atoms with Crippen LogP contribution in [-0.4, -0.2) is 50.1 Å². The Morgan fingerprint density at radius 1 is 0.533 bits per heavy atom. The minimum Gasteiger partial charge on any atom is -0.369 e. The van der Waals surface area contributed by atoms with Crippen molar-refractivity contribution in [2.75, 3.05) is 44.2 Å². The molecule has 9 aliphatic rings. The molecule has 0 atom stereocenters. The molecule has 1 fully saturated rings. The molecule has 4 heteroatoms. The smallest absolute Gasteiger partial charge is 0.251 e. The minimum absolute atomic E-state index is 0.0901. The van der Waals surface area contributed by atoms with Crippen molar-refractivity contribution >= 4 is 11.6 Å². The van der Waals surface area contributed by atoms with Gasteiger partial charge in [0.25, 0.3) is 5.91 Å². The van der Waals surface area contributed by atoms with Crippen molar-refractivity contribution in [3.05, 3.63) is 135 Å². The summed E-state index contributed by atoms with van der Waals surface area (Å²) in [5, 5.41) is 3.25. The first kappa shape index (κ1) is 29.8. The minimum atomic E-state index is 0.0901. The van der Waals surface area contributed by atoms with Gasteiger partial charge in [-0.05, 0) is 127 Å². The van der Waals surface area contributed by atoms with Gasteiger partial charge in [-0.3, -0.25) is 9.69 Å². The van der Waals surface area contributed by atoms with Gasteiger partial charge in [0.15, 0.2) is 0 Å². The molecule has 1 N–H and O–H groups in total. The van der Waals surface area contributed by atoms with Crippen LogP contribution in [0, 0.1) is 0 Å². The summed E-state index contributed by atoms with van der Waals surface area (Å²) in [5.41, 5.74) is 13.3. The van der Waals surface area contributed by atoms with E-state index < -0.39 is 0 Å². The van der Waals surface area contributed by atoms with E-state index >= 15 is 0 Å². The summed E-state index contributed by atoms with van der Waals surface area (Å²) in [6.07, 6.45) is 10.4. The number of nitrogens with one attached hydrogen (secondary N) is 1. The van der Waals surface area contributed by atoms with E-state index in [0.29, 0.717) is 0 Å². The van der Waals surface area contributed by atoms with Gasteiger partial charge >= 0.3 is 0 Å². The Kier molecular flexibility index (Phi) is 9.30. The van der Waals surface area contributed by atoms with E-state index in [-0.39, 0.29) is 5.91 Å². The lowest BCUT2D eigenvalue weighted by atomic mass is 9.93. The molecule has 1 amide bonds. The zero-order valence-electron chi connectivity index (χ0n) is 26.7. The third-order valence-electron chi connectivity index (χ3n) is 10.3. The van der Waals surface area contributed by atoms with E-state index in [0.717, 1.165) is 115 Å². The quantitative estimate of drug-likeness (QED) is 0.239. The number of benzene rings is 4. The molecular weight excluding hydrogens is 550 g/mol. The molecule has 0 saturated carbocycles. The first-order valence-corrected chi connectivity index (χ1v) is 17.3. The normalized spacial score (nSPS) is 16.6. The van der Waals surface area contributed by atoms with E-state index in [2.05, 4.69) is 100 Å². The molecular formula is C41H47N3O. The molecule has 1 aliphatic heterocycles. The van der Waals surface area contributed by atoms with Crippen molar-refractivity contribution in [1.82, 2.24) is 10.2 Å². The highest BCUT2D eigenvalue weighted by Gasteiger charge is 2.20. The van der Waals surface area contributed by atoms with Crippen LogP contribution in [0.1, 0.15) is 67.7 Å². The maximum atomic E-state index is 13.3. The number of piperazine rings is 1. The van der Waals surface area contributed by atoms with Crippen molar-refractivity contribution in [1.29, 1.82) is 0 Å². The van der Waals surface area contributed by atoms with Crippen LogP contribution in [0.15, 0.2) is 84.9 Å². The Morgan fingerprint density at radius 3 is 1.64 bits per heavy atom. The average Bonchev–Trinajstić information content (AvgIpc) is 3.07. The lowest BCUT2D eigenvalue weighted by Crippen LogP contribution is -2.47. The standard InChI is InChI=1S/C41H47N3O/c45-41(39-29-35-13-11-31-3-7-33(8-4-31)15-19-37(39)20-17-35)42-23-1-2-24-43-25-27-44(28-26-43)40-30-36-14-12-32-5-9-34(10-6-32)16-21-38(40)22-18-36/h3-10,17-18,20,22,29-30H,1-2,11-16,19,21,23-28H2,(H,42,45). The predicted molar refractivity (Wildman–Crippen MR) is 186 cm³/mol. The van der Waals surface area contributed by atoms with Gasteiger partial charge in [-0.2, -0.15) is 0 Å². The van der Waals surface area contributed by atoms with Gasteiger partial charge in [-0.15, -0.1) is 0 Å². The van der Waals surface area contributed by atoms with Crippen molar-refractivity contribution in [2.45, 2.75) is 64.2 Å². The number of hydrogen-bond acceptors (Lipinski definition) is 3. The van der Waals surface area contributed by atoms with Gasteiger partial charge in [0.05, 0.1) is 0 Å². The van der Waals surface area contributed by atoms with Crippen LogP contribution in [0.3, 0.4) is 0 Å². The van der Waals surface area contributed by atoms with Gasteiger partial charge in [-0.1, -0.05) is 72.8 Å². The maximum Gasteiger partial charge on any atom is 0.251 e. The zero-order chi connectivity index (χ0) is 30.4. The monoisotopic (exact) mass is 597 g/mol. The molecule has 1 heterocycles. The van der Waals surface area contributed by atoms with Crippen LogP contribution in [0.25, 0.3) is 0 Å². The van der Waals surface area contributed by atoms with Gasteiger partial charge in [0, 0.05) is 44.0 Å². The van der Waals surface area contributed by atoms with E-state index in [1.165, 1.54) is 44.6 Å². The van der Waals surface area contributed by atoms with Gasteiger partial charge < -0.3 is 10.2 Å². The molecule has 45 heavy (non-hydrogen) atoms. The zero-order valence-corrected chi connectivity index (χ0v) is 26.7. The number of hydrogen-bond donors (Lipinski definition) is 1. The first-order valence-electron chi connectivity index (χ1n) is 17.3. The van der Waals surface area contributed by atoms with E-state index in [1.54, 1.807) is 0 Å². The van der Waals surface area contributed by atoms with Crippen LogP contribution in [0.5, 0.6) is 0 Å². The summed E-state index contributed by atoms with van der Waals surface area (Å²) in [6.45, 7) is 6.23. The summed E-state index contributed by atoms with van der Waals surface area (Å²) in [7, 11) is 0. The number of aryl methyl sites for hydroxylation is 8. The molecule has 4 aromatic carbocycles. The van der Waals surface area contributed by atoms with E-state index in [1.807, 2.05) is 0 Å². The lowest BCUT2D eigenvalue weighted by Gasteiger charge is -2.37. The predicted octanol–water partition coefficient (Wildman–Crippen LogP) is 6.79. The van der Waals surface area contributed by atoms with Crippen LogP contribution in [0.2, 0.25) is 0 Å². The molecule has 0 spiro atoms. The second-order valence-corrected chi connectivity index (χ2v) is 13.4. The molecule has 1 saturated heterocycles. The summed E-state index contributed by atoms with van der Waals surface area (Å²) in [5.74, 6) is 0.0901. The summed E-state index contributed by atoms with van der Waals surface area (Å²) < 4.78 is 0. The highest BCUT2D eigenvalue weighted by Crippen LogP contribution is 2.27. The number of anilines is 1. The van der Waals surface area contributed by atoms with Crippen molar-refractivity contribution < 1.29 is 4.79 Å². The van der Waals surface area contributed by atoms with E-state index in [9.17, 15) is 4.79 Å². The van der Waals surface area contributed by atoms with Gasteiger partial charge in [0.2, 0.25) is 0 Å². The second kappa shape index (κ2) is 14.0. The van der Waals surface area contributed by atoms with Crippen molar-refractivity contribution in [3.63, 3.8) is 0 Å². The highest BCUT2D eigenvalue weighted by atomic mass is 16.1. The Hall–Kier alpha value is -3.89. The molecule has 4 aromatic rings. The van der Waals surface area contributed by atoms with E-state index in [4.69, 9.17) is 0 Å². The number of rotatable bonds is 7. The number of unbranched alkanes of at least 4 members (excludes halogenated alkanes) is 1. The Labute approximate surface area is 269 Å². The van der Waals surface area contributed by atoms with Gasteiger partial charge in [0.1, 0.15) is 0 Å². The molecule has 8 aliphatic carbocycles. The van der Waals surface area contributed by atoms with Crippen molar-refractivity contribution in [3.8, 4) is 0 Å². The Balaban J connectivity index is 0.877. The molecule has 13 rings (SSSR count). The molecule has 0 radical (unpaired) electrons. The molecule has 0 aromatic heterocycles. The summed E-state index contributed by atoms with van der Waals surface area (Å²) >= 11 is 0. The Morgan fingerprint density at radius 2 is 1.02 bits per heavy atom. The average molecular weight is 598 g/mol. The highest BCUT2D eigenvalue weighted by molar-refractivity contribution is 5.96. The van der Waals surface area contributed by atoms with Gasteiger partial charge in [-0.25, -0.2) is 0 Å². The van der Waals surface area contributed by atoms with Crippen LogP contribution < -0.4 is 10.2 Å². The van der Waals surface area contributed by atoms with Crippen LogP contribution in [-0.2, 0) is 51.4 Å². The van der Waals surface area contributed by atoms with Crippen LogP contribution >= 0.6 is 0 Å². The fourth-order valence-electron chi connectivity index (χ4n) is 7.33. The first-order chi connectivity index (χ1) is 22.2. The molecule has 0 unspecified atom stereocenters. The topological polar surface area (TPSA) is 35.6 Å². The lowest BCUT2D eigenvalue weighted by molar-refractivity contribution is 0.0951. The molecule has 8 bridgehead atoms. The maximum absolute atomic E-state index is 13.3. The Bertz CT molecular complexity index is 1600. The van der Waals surface area contributed by atoms with Crippen LogP contribution in [0.4, 0.5) is 5.69 Å². The fourth-order valence-corrected chi connectivity index (χ4v) is 7.33. The number of nitrogens with zero attached hydrogens (tertiary/aromatic N) is 2. The number of amides is 1.